The number of nitrogens with zero attached hydrogens (tertiary/aromatic N) is 2. The van der Waals surface area contributed by atoms with E-state index in [0.29, 0.717) is 16.1 Å². The number of benzene rings is 3. The highest BCUT2D eigenvalue weighted by Gasteiger charge is 2.16. The van der Waals surface area contributed by atoms with Crippen LogP contribution in [0.4, 0.5) is 14.5 Å². The maximum atomic E-state index is 14.2. The van der Waals surface area contributed by atoms with Crippen molar-refractivity contribution >= 4 is 34.2 Å². The minimum absolute atomic E-state index is 0.0319. The summed E-state index contributed by atoms with van der Waals surface area (Å²) in [6.45, 7) is 0. The largest absolute Gasteiger partial charge is 0.454 e. The lowest BCUT2D eigenvalue weighted by Gasteiger charge is -2.11. The third-order valence-corrected chi connectivity index (χ3v) is 4.24. The Morgan fingerprint density at radius 3 is 2.55 bits per heavy atom. The second-order valence-corrected chi connectivity index (χ2v) is 6.48. The molecular formula is C21H12ClF2N3O2. The van der Waals surface area contributed by atoms with Crippen LogP contribution in [0.15, 0.2) is 67.0 Å². The molecule has 0 atom stereocenters. The van der Waals surface area contributed by atoms with Gasteiger partial charge in [0.25, 0.3) is 5.91 Å². The summed E-state index contributed by atoms with van der Waals surface area (Å²) in [5.41, 5.74) is 1.48. The number of rotatable bonds is 4. The number of ether oxygens (including phenoxy) is 1. The van der Waals surface area contributed by atoms with E-state index in [9.17, 15) is 13.6 Å². The standard InChI is InChI=1S/C21H12ClF2N3O2/c22-13-3-1-2-12(8-13)21(28)27-14-9-16(23)20(24)19(10-14)29-15-4-5-17-18(11-15)26-7-6-25-17/h1-11H,(H,27,28). The summed E-state index contributed by atoms with van der Waals surface area (Å²) >= 11 is 5.88. The first-order valence-corrected chi connectivity index (χ1v) is 8.82. The molecule has 29 heavy (non-hydrogen) atoms. The Hall–Kier alpha value is -3.58. The van der Waals surface area contributed by atoms with Gasteiger partial charge in [-0.25, -0.2) is 4.39 Å². The van der Waals surface area contributed by atoms with Crippen molar-refractivity contribution < 1.29 is 18.3 Å². The summed E-state index contributed by atoms with van der Waals surface area (Å²) in [6.07, 6.45) is 3.06. The molecule has 1 amide bonds. The highest BCUT2D eigenvalue weighted by Crippen LogP contribution is 2.31. The number of carbonyl (C=O) groups is 1. The van der Waals surface area contributed by atoms with E-state index in [1.807, 2.05) is 0 Å². The molecule has 0 aliphatic rings. The number of fused-ring (bicyclic) bond motifs is 1. The molecule has 1 heterocycles. The molecule has 4 rings (SSSR count). The number of hydrogen-bond donors (Lipinski definition) is 1. The fraction of sp³-hybridized carbons (Fsp3) is 0. The molecule has 0 radical (unpaired) electrons. The van der Waals surface area contributed by atoms with Crippen molar-refractivity contribution in [2.75, 3.05) is 5.32 Å². The van der Waals surface area contributed by atoms with Crippen LogP contribution in [0, 0.1) is 11.6 Å². The van der Waals surface area contributed by atoms with E-state index in [1.165, 1.54) is 18.3 Å². The van der Waals surface area contributed by atoms with Crippen LogP contribution in [0.1, 0.15) is 10.4 Å². The molecule has 1 N–H and O–H groups in total. The molecule has 3 aromatic carbocycles. The third-order valence-electron chi connectivity index (χ3n) is 4.01. The maximum Gasteiger partial charge on any atom is 0.255 e. The van der Waals surface area contributed by atoms with Gasteiger partial charge in [-0.2, -0.15) is 4.39 Å². The van der Waals surface area contributed by atoms with Gasteiger partial charge in [-0.1, -0.05) is 17.7 Å². The predicted molar refractivity (Wildman–Crippen MR) is 105 cm³/mol. The maximum absolute atomic E-state index is 14.2. The van der Waals surface area contributed by atoms with Gasteiger partial charge in [0, 0.05) is 46.9 Å². The highest BCUT2D eigenvalue weighted by molar-refractivity contribution is 6.31. The lowest BCUT2D eigenvalue weighted by atomic mass is 10.2. The lowest BCUT2D eigenvalue weighted by molar-refractivity contribution is 0.102. The molecular weight excluding hydrogens is 400 g/mol. The van der Waals surface area contributed by atoms with Gasteiger partial charge in [0.2, 0.25) is 5.82 Å². The lowest BCUT2D eigenvalue weighted by Crippen LogP contribution is -2.12. The van der Waals surface area contributed by atoms with Crippen LogP contribution in [0.2, 0.25) is 5.02 Å². The Morgan fingerprint density at radius 2 is 1.76 bits per heavy atom. The fourth-order valence-electron chi connectivity index (χ4n) is 2.68. The van der Waals surface area contributed by atoms with Gasteiger partial charge < -0.3 is 10.1 Å². The Morgan fingerprint density at radius 1 is 0.966 bits per heavy atom. The van der Waals surface area contributed by atoms with E-state index >= 15 is 0 Å². The molecule has 0 spiro atoms. The zero-order chi connectivity index (χ0) is 20.4. The minimum Gasteiger partial charge on any atom is -0.454 e. The first-order valence-electron chi connectivity index (χ1n) is 8.44. The summed E-state index contributed by atoms with van der Waals surface area (Å²) in [7, 11) is 0. The van der Waals surface area contributed by atoms with Crippen molar-refractivity contribution in [2.24, 2.45) is 0 Å². The van der Waals surface area contributed by atoms with Crippen LogP contribution >= 0.6 is 11.6 Å². The van der Waals surface area contributed by atoms with E-state index in [0.717, 1.165) is 6.07 Å². The van der Waals surface area contributed by atoms with Crippen molar-refractivity contribution in [3.63, 3.8) is 0 Å². The Balaban J connectivity index is 1.62. The third kappa shape index (κ3) is 4.14. The van der Waals surface area contributed by atoms with Crippen LogP contribution in [-0.2, 0) is 0 Å². The van der Waals surface area contributed by atoms with Crippen LogP contribution in [-0.4, -0.2) is 15.9 Å². The van der Waals surface area contributed by atoms with Crippen molar-refractivity contribution in [1.29, 1.82) is 0 Å². The molecule has 0 bridgehead atoms. The van der Waals surface area contributed by atoms with E-state index < -0.39 is 17.5 Å². The molecule has 0 fully saturated rings. The van der Waals surface area contributed by atoms with Crippen LogP contribution in [0.25, 0.3) is 11.0 Å². The molecule has 0 aliphatic heterocycles. The average molecular weight is 412 g/mol. The molecule has 0 unspecified atom stereocenters. The van der Waals surface area contributed by atoms with Crippen molar-refractivity contribution in [3.8, 4) is 11.5 Å². The number of halogens is 3. The van der Waals surface area contributed by atoms with Gasteiger partial charge in [-0.3, -0.25) is 14.8 Å². The normalized spacial score (nSPS) is 10.7. The van der Waals surface area contributed by atoms with Crippen LogP contribution in [0.5, 0.6) is 11.5 Å². The van der Waals surface area contributed by atoms with Gasteiger partial charge in [-0.15, -0.1) is 0 Å². The molecule has 0 saturated carbocycles. The second kappa shape index (κ2) is 7.81. The first kappa shape index (κ1) is 18.8. The Labute approximate surface area is 168 Å². The van der Waals surface area contributed by atoms with Gasteiger partial charge in [-0.05, 0) is 30.3 Å². The molecule has 4 aromatic rings. The quantitative estimate of drug-likeness (QED) is 0.474. The molecule has 144 valence electrons. The summed E-state index contributed by atoms with van der Waals surface area (Å²) in [5, 5.41) is 2.88. The van der Waals surface area contributed by atoms with Crippen LogP contribution < -0.4 is 10.1 Å². The summed E-state index contributed by atoms with van der Waals surface area (Å²) in [4.78, 5) is 20.6. The zero-order valence-corrected chi connectivity index (χ0v) is 15.5. The number of nitrogens with one attached hydrogen (secondary N) is 1. The van der Waals surface area contributed by atoms with Gasteiger partial charge in [0.05, 0.1) is 11.0 Å². The van der Waals surface area contributed by atoms with Crippen LogP contribution in [0.3, 0.4) is 0 Å². The smallest absolute Gasteiger partial charge is 0.255 e. The highest BCUT2D eigenvalue weighted by atomic mass is 35.5. The number of hydrogen-bond acceptors (Lipinski definition) is 4. The summed E-state index contributed by atoms with van der Waals surface area (Å²) in [6, 6.07) is 13.1. The van der Waals surface area contributed by atoms with Gasteiger partial charge >= 0.3 is 0 Å². The number of aromatic nitrogens is 2. The molecule has 0 aliphatic carbocycles. The molecule has 1 aromatic heterocycles. The SMILES string of the molecule is O=C(Nc1cc(F)c(F)c(Oc2ccc3nccnc3c2)c1)c1cccc(Cl)c1. The summed E-state index contributed by atoms with van der Waals surface area (Å²) in [5.74, 6) is -3.00. The van der Waals surface area contributed by atoms with Crippen molar-refractivity contribution in [1.82, 2.24) is 9.97 Å². The predicted octanol–water partition coefficient (Wildman–Crippen LogP) is 5.61. The van der Waals surface area contributed by atoms with E-state index in [4.69, 9.17) is 16.3 Å². The topological polar surface area (TPSA) is 64.1 Å². The van der Waals surface area contributed by atoms with Crippen molar-refractivity contribution in [3.05, 3.63) is 89.2 Å². The molecule has 0 saturated heterocycles. The molecule has 5 nitrogen and oxygen atoms in total. The number of amides is 1. The second-order valence-electron chi connectivity index (χ2n) is 6.04. The van der Waals surface area contributed by atoms with E-state index in [2.05, 4.69) is 15.3 Å². The average Bonchev–Trinajstić information content (AvgIpc) is 2.71. The van der Waals surface area contributed by atoms with Gasteiger partial charge in [0.15, 0.2) is 11.6 Å². The van der Waals surface area contributed by atoms with Crippen molar-refractivity contribution in [2.45, 2.75) is 0 Å². The number of carbonyl (C=O) groups excluding carboxylic acids is 1. The monoisotopic (exact) mass is 411 g/mol. The van der Waals surface area contributed by atoms with Gasteiger partial charge in [0.1, 0.15) is 5.75 Å². The minimum atomic E-state index is -1.18. The Kier molecular flexibility index (Phi) is 5.05. The van der Waals surface area contributed by atoms with E-state index in [1.54, 1.807) is 42.6 Å². The zero-order valence-electron chi connectivity index (χ0n) is 14.7. The Bertz CT molecular complexity index is 1230. The first-order chi connectivity index (χ1) is 14.0. The fourth-order valence-corrected chi connectivity index (χ4v) is 2.87. The number of anilines is 1. The summed E-state index contributed by atoms with van der Waals surface area (Å²) < 4.78 is 33.8. The molecule has 8 heteroatoms. The van der Waals surface area contributed by atoms with E-state index in [-0.39, 0.29) is 22.7 Å².